The summed E-state index contributed by atoms with van der Waals surface area (Å²) in [6, 6.07) is 0. The van der Waals surface area contributed by atoms with Crippen molar-refractivity contribution in [1.82, 2.24) is 0 Å². The van der Waals surface area contributed by atoms with E-state index in [4.69, 9.17) is 9.47 Å². The van der Waals surface area contributed by atoms with Crippen LogP contribution in [0.25, 0.3) is 0 Å². The fourth-order valence-corrected chi connectivity index (χ4v) is 1.24. The number of hydrogen-bond acceptors (Lipinski definition) is 2. The maximum Gasteiger partial charge on any atom is 0.0808 e. The molecule has 0 aromatic rings. The summed E-state index contributed by atoms with van der Waals surface area (Å²) < 4.78 is 11.0. The predicted molar refractivity (Wildman–Crippen MR) is 44.7 cm³/mol. The van der Waals surface area contributed by atoms with Crippen LogP contribution in [0.3, 0.4) is 0 Å². The summed E-state index contributed by atoms with van der Waals surface area (Å²) in [5.41, 5.74) is 0. The van der Waals surface area contributed by atoms with Crippen LogP contribution in [0, 0.1) is 0 Å². The first-order chi connectivity index (χ1) is 5.29. The molecule has 0 spiro atoms. The molecule has 1 saturated heterocycles. The third-order valence-electron chi connectivity index (χ3n) is 1.89. The molecule has 0 saturated carbocycles. The van der Waals surface area contributed by atoms with Crippen LogP contribution in [0.2, 0.25) is 0 Å². The van der Waals surface area contributed by atoms with Gasteiger partial charge in [-0.25, -0.2) is 0 Å². The highest BCUT2D eigenvalue weighted by Crippen LogP contribution is 2.13. The van der Waals surface area contributed by atoms with Gasteiger partial charge in [0.25, 0.3) is 0 Å². The molecule has 1 atom stereocenters. The summed E-state index contributed by atoms with van der Waals surface area (Å²) in [6.07, 6.45) is 4.39. The number of hydrogen-bond donors (Lipinski definition) is 0. The smallest absolute Gasteiger partial charge is 0.0808 e. The lowest BCUT2D eigenvalue weighted by atomic mass is 10.1. The van der Waals surface area contributed by atoms with Crippen LogP contribution in [0.1, 0.15) is 33.1 Å². The lowest BCUT2D eigenvalue weighted by Gasteiger charge is -2.23. The van der Waals surface area contributed by atoms with E-state index in [1.54, 1.807) is 0 Å². The minimum Gasteiger partial charge on any atom is -0.376 e. The Hall–Kier alpha value is -0.0800. The van der Waals surface area contributed by atoms with Crippen molar-refractivity contribution < 1.29 is 9.47 Å². The average Bonchev–Trinajstić information content (AvgIpc) is 2.03. The van der Waals surface area contributed by atoms with Gasteiger partial charge in [-0.05, 0) is 33.1 Å². The number of ether oxygens (including phenoxy) is 2. The fraction of sp³-hybridized carbons (Fsp3) is 1.00. The van der Waals surface area contributed by atoms with Gasteiger partial charge in [0, 0.05) is 6.61 Å². The maximum atomic E-state index is 5.50. The van der Waals surface area contributed by atoms with Crippen LogP contribution in [-0.2, 0) is 9.47 Å². The van der Waals surface area contributed by atoms with Gasteiger partial charge >= 0.3 is 0 Å². The Morgan fingerprint density at radius 2 is 2.27 bits per heavy atom. The van der Waals surface area contributed by atoms with Gasteiger partial charge in [0.15, 0.2) is 0 Å². The molecule has 1 fully saturated rings. The first-order valence-corrected chi connectivity index (χ1v) is 4.52. The Balaban J connectivity index is 2.05. The van der Waals surface area contributed by atoms with Crippen molar-refractivity contribution in [2.45, 2.75) is 45.3 Å². The molecule has 1 rings (SSSR count). The summed E-state index contributed by atoms with van der Waals surface area (Å²) in [4.78, 5) is 0. The Morgan fingerprint density at radius 3 is 2.82 bits per heavy atom. The fourth-order valence-electron chi connectivity index (χ4n) is 1.24. The van der Waals surface area contributed by atoms with Crippen molar-refractivity contribution in [3.8, 4) is 0 Å². The lowest BCUT2D eigenvalue weighted by molar-refractivity contribution is -0.0552. The van der Waals surface area contributed by atoms with Crippen LogP contribution < -0.4 is 0 Å². The Kier molecular flexibility index (Phi) is 3.87. The topological polar surface area (TPSA) is 18.5 Å². The highest BCUT2D eigenvalue weighted by molar-refractivity contribution is 4.62. The second-order valence-electron chi connectivity index (χ2n) is 3.37. The van der Waals surface area contributed by atoms with Crippen molar-refractivity contribution >= 4 is 0 Å². The van der Waals surface area contributed by atoms with Crippen molar-refractivity contribution in [1.29, 1.82) is 0 Å². The molecule has 0 N–H and O–H groups in total. The molecule has 1 heterocycles. The highest BCUT2D eigenvalue weighted by atomic mass is 16.5. The van der Waals surface area contributed by atoms with Gasteiger partial charge in [-0.2, -0.15) is 0 Å². The van der Waals surface area contributed by atoms with Crippen LogP contribution in [-0.4, -0.2) is 25.4 Å². The monoisotopic (exact) mass is 158 g/mol. The SMILES string of the molecule is CC(C)OCC1CCCCO1. The first kappa shape index (κ1) is 9.01. The maximum absolute atomic E-state index is 5.50. The normalized spacial score (nSPS) is 25.9. The molecule has 0 aliphatic carbocycles. The summed E-state index contributed by atoms with van der Waals surface area (Å²) in [6.45, 7) is 5.81. The predicted octanol–water partition coefficient (Wildman–Crippen LogP) is 1.98. The molecule has 11 heavy (non-hydrogen) atoms. The molecule has 0 radical (unpaired) electrons. The zero-order chi connectivity index (χ0) is 8.10. The average molecular weight is 158 g/mol. The van der Waals surface area contributed by atoms with Gasteiger partial charge in [0.1, 0.15) is 0 Å². The molecule has 1 aliphatic heterocycles. The second-order valence-corrected chi connectivity index (χ2v) is 3.37. The molecule has 0 aromatic carbocycles. The molecule has 0 bridgehead atoms. The summed E-state index contributed by atoms with van der Waals surface area (Å²) >= 11 is 0. The van der Waals surface area contributed by atoms with Gasteiger partial charge in [-0.1, -0.05) is 0 Å². The van der Waals surface area contributed by atoms with E-state index in [1.165, 1.54) is 19.3 Å². The van der Waals surface area contributed by atoms with E-state index < -0.39 is 0 Å². The van der Waals surface area contributed by atoms with Crippen LogP contribution in [0.5, 0.6) is 0 Å². The van der Waals surface area contributed by atoms with E-state index in [-0.39, 0.29) is 0 Å². The standard InChI is InChI=1S/C9H18O2/c1-8(2)11-7-9-5-3-4-6-10-9/h8-9H,3-7H2,1-2H3. The first-order valence-electron chi connectivity index (χ1n) is 4.52. The molecular formula is C9H18O2. The molecule has 2 nitrogen and oxygen atoms in total. The van der Waals surface area contributed by atoms with Gasteiger partial charge in [-0.15, -0.1) is 0 Å². The third-order valence-corrected chi connectivity index (χ3v) is 1.89. The molecular weight excluding hydrogens is 140 g/mol. The van der Waals surface area contributed by atoms with E-state index in [2.05, 4.69) is 13.8 Å². The van der Waals surface area contributed by atoms with E-state index in [9.17, 15) is 0 Å². The Labute approximate surface area is 68.9 Å². The highest BCUT2D eigenvalue weighted by Gasteiger charge is 2.13. The van der Waals surface area contributed by atoms with Crippen LogP contribution in [0.4, 0.5) is 0 Å². The van der Waals surface area contributed by atoms with Crippen LogP contribution >= 0.6 is 0 Å². The molecule has 66 valence electrons. The van der Waals surface area contributed by atoms with Crippen LogP contribution in [0.15, 0.2) is 0 Å². The summed E-state index contributed by atoms with van der Waals surface area (Å²) in [5, 5.41) is 0. The van der Waals surface area contributed by atoms with E-state index in [0.29, 0.717) is 12.2 Å². The summed E-state index contributed by atoms with van der Waals surface area (Å²) in [5.74, 6) is 0. The van der Waals surface area contributed by atoms with Gasteiger partial charge in [0.05, 0.1) is 18.8 Å². The van der Waals surface area contributed by atoms with E-state index >= 15 is 0 Å². The Bertz CT molecular complexity index is 95.7. The molecule has 2 heteroatoms. The zero-order valence-corrected chi connectivity index (χ0v) is 7.51. The van der Waals surface area contributed by atoms with E-state index in [1.807, 2.05) is 0 Å². The third kappa shape index (κ3) is 3.73. The van der Waals surface area contributed by atoms with Gasteiger partial charge < -0.3 is 9.47 Å². The number of rotatable bonds is 3. The van der Waals surface area contributed by atoms with Crippen molar-refractivity contribution in [2.24, 2.45) is 0 Å². The molecule has 1 unspecified atom stereocenters. The zero-order valence-electron chi connectivity index (χ0n) is 7.51. The molecule has 0 amide bonds. The van der Waals surface area contributed by atoms with Gasteiger partial charge in [-0.3, -0.25) is 0 Å². The van der Waals surface area contributed by atoms with Gasteiger partial charge in [0.2, 0.25) is 0 Å². The lowest BCUT2D eigenvalue weighted by Crippen LogP contribution is -2.25. The second kappa shape index (κ2) is 4.73. The summed E-state index contributed by atoms with van der Waals surface area (Å²) in [7, 11) is 0. The minimum absolute atomic E-state index is 0.334. The largest absolute Gasteiger partial charge is 0.376 e. The van der Waals surface area contributed by atoms with Crippen molar-refractivity contribution in [2.75, 3.05) is 13.2 Å². The molecule has 0 aromatic heterocycles. The minimum atomic E-state index is 0.334. The van der Waals surface area contributed by atoms with Crippen molar-refractivity contribution in [3.63, 3.8) is 0 Å². The van der Waals surface area contributed by atoms with E-state index in [0.717, 1.165) is 13.2 Å². The van der Waals surface area contributed by atoms with Crippen molar-refractivity contribution in [3.05, 3.63) is 0 Å². The Morgan fingerprint density at radius 1 is 1.45 bits per heavy atom. The quantitative estimate of drug-likeness (QED) is 0.625. The molecule has 1 aliphatic rings.